The number of aromatic nitrogens is 5. The van der Waals surface area contributed by atoms with Crippen molar-refractivity contribution in [3.63, 3.8) is 0 Å². The van der Waals surface area contributed by atoms with Crippen molar-refractivity contribution in [1.29, 1.82) is 0 Å². The Labute approximate surface area is 279 Å². The summed E-state index contributed by atoms with van der Waals surface area (Å²) in [5, 5.41) is 12.0. The summed E-state index contributed by atoms with van der Waals surface area (Å²) >= 11 is 1.55. The molecule has 0 bridgehead atoms. The van der Waals surface area contributed by atoms with Gasteiger partial charge < -0.3 is 24.4 Å². The highest BCUT2D eigenvalue weighted by atomic mass is 32.2. The number of hydrogen-bond acceptors (Lipinski definition) is 10. The van der Waals surface area contributed by atoms with Crippen LogP contribution in [-0.2, 0) is 20.8 Å². The van der Waals surface area contributed by atoms with E-state index in [1.165, 1.54) is 21.5 Å². The van der Waals surface area contributed by atoms with E-state index in [1.807, 2.05) is 4.90 Å². The molecule has 4 aromatic rings. The third-order valence-corrected chi connectivity index (χ3v) is 9.88. The Bertz CT molecular complexity index is 1750. The molecule has 0 unspecified atom stereocenters. The first kappa shape index (κ1) is 32.4. The number of amides is 2. The normalized spacial score (nSPS) is 17.9. The number of fused-ring (bicyclic) bond motifs is 1. The molecule has 3 aliphatic rings. The Hall–Kier alpha value is -4.12. The summed E-state index contributed by atoms with van der Waals surface area (Å²) < 4.78 is 45.7. The fraction of sp³-hybridized carbons (Fsp3) is 0.469. The fourth-order valence-electron chi connectivity index (χ4n) is 6.16. The number of carbonyl (C=O) groups is 2. The summed E-state index contributed by atoms with van der Waals surface area (Å²) in [5.41, 5.74) is 1.22. The van der Waals surface area contributed by atoms with Gasteiger partial charge in [-0.2, -0.15) is 19.0 Å². The molecule has 3 saturated heterocycles. The monoisotopic (exact) mass is 682 g/mol. The number of rotatable bonds is 11. The van der Waals surface area contributed by atoms with Crippen LogP contribution in [0.2, 0.25) is 0 Å². The number of nitrogens with zero attached hydrogens (tertiary/aromatic N) is 7. The number of nitrogens with one attached hydrogen (secondary N) is 1. The van der Waals surface area contributed by atoms with Crippen LogP contribution in [0.5, 0.6) is 5.75 Å². The second-order valence-corrected chi connectivity index (χ2v) is 13.4. The summed E-state index contributed by atoms with van der Waals surface area (Å²) in [6.07, 6.45) is 7.99. The van der Waals surface area contributed by atoms with E-state index in [-0.39, 0.29) is 46.0 Å². The fourth-order valence-corrected chi connectivity index (χ4v) is 7.21. The molecule has 7 rings (SSSR count). The molecule has 6 heterocycles. The summed E-state index contributed by atoms with van der Waals surface area (Å²) in [4.78, 5) is 36.4. The average Bonchev–Trinajstić information content (AvgIpc) is 3.68. The van der Waals surface area contributed by atoms with Gasteiger partial charge in [0.1, 0.15) is 23.6 Å². The molecule has 16 heteroatoms. The Morgan fingerprint density at radius 3 is 2.67 bits per heavy atom. The standard InChI is InChI=1S/C32H36F2N8O5S/c33-32(34)47-27-3-2-22(48-23-19-46-20-23)14-24(27)29-26(37-31(44)25-15-36-42-7-1-6-35-30(25)42)17-41(38-29)18-28(43)40-8-4-21(5-9-40)16-39-10-12-45-13-11-39/h1-3,6-7,14-15,17,21,23,32H,4-5,8-13,16,18-20H2,(H,37,44). The first-order valence-electron chi connectivity index (χ1n) is 16.0. The maximum atomic E-state index is 13.6. The predicted molar refractivity (Wildman–Crippen MR) is 172 cm³/mol. The minimum Gasteiger partial charge on any atom is -0.434 e. The van der Waals surface area contributed by atoms with Crippen LogP contribution in [0.25, 0.3) is 16.9 Å². The molecule has 0 saturated carbocycles. The van der Waals surface area contributed by atoms with E-state index in [2.05, 4.69) is 25.4 Å². The quantitative estimate of drug-likeness (QED) is 0.251. The predicted octanol–water partition coefficient (Wildman–Crippen LogP) is 3.51. The smallest absolute Gasteiger partial charge is 0.387 e. The average molecular weight is 683 g/mol. The van der Waals surface area contributed by atoms with Crippen LogP contribution in [0.1, 0.15) is 23.2 Å². The molecule has 254 valence electrons. The second kappa shape index (κ2) is 14.6. The van der Waals surface area contributed by atoms with E-state index >= 15 is 0 Å². The van der Waals surface area contributed by atoms with Gasteiger partial charge in [-0.25, -0.2) is 9.50 Å². The van der Waals surface area contributed by atoms with E-state index in [0.717, 1.165) is 50.6 Å². The highest BCUT2D eigenvalue weighted by Gasteiger charge is 2.28. The van der Waals surface area contributed by atoms with Crippen LogP contribution in [0.4, 0.5) is 14.5 Å². The number of morpholine rings is 1. The lowest BCUT2D eigenvalue weighted by Gasteiger charge is -2.36. The molecule has 3 aliphatic heterocycles. The Balaban J connectivity index is 1.14. The molecule has 1 aromatic carbocycles. The van der Waals surface area contributed by atoms with E-state index in [0.29, 0.717) is 37.9 Å². The number of anilines is 1. The number of ether oxygens (including phenoxy) is 3. The molecule has 0 aliphatic carbocycles. The molecular weight excluding hydrogens is 646 g/mol. The van der Waals surface area contributed by atoms with Crippen LogP contribution in [0.15, 0.2) is 53.9 Å². The summed E-state index contributed by atoms with van der Waals surface area (Å²) in [6.45, 7) is 3.70. The van der Waals surface area contributed by atoms with Gasteiger partial charge >= 0.3 is 6.61 Å². The molecule has 13 nitrogen and oxygen atoms in total. The molecule has 48 heavy (non-hydrogen) atoms. The van der Waals surface area contributed by atoms with Gasteiger partial charge in [0, 0.05) is 61.8 Å². The van der Waals surface area contributed by atoms with Crippen LogP contribution >= 0.6 is 11.8 Å². The Morgan fingerprint density at radius 2 is 1.92 bits per heavy atom. The van der Waals surface area contributed by atoms with Crippen LogP contribution in [0.3, 0.4) is 0 Å². The molecule has 3 aromatic heterocycles. The first-order chi connectivity index (χ1) is 23.4. The maximum Gasteiger partial charge on any atom is 0.387 e. The number of thioether (sulfide) groups is 1. The van der Waals surface area contributed by atoms with Gasteiger partial charge in [0.2, 0.25) is 5.91 Å². The molecule has 0 spiro atoms. The topological polar surface area (TPSA) is 128 Å². The van der Waals surface area contributed by atoms with Gasteiger partial charge in [-0.05, 0) is 43.0 Å². The van der Waals surface area contributed by atoms with E-state index < -0.39 is 12.5 Å². The minimum absolute atomic E-state index is 0.0891. The van der Waals surface area contributed by atoms with Crippen LogP contribution in [-0.4, -0.2) is 117 Å². The molecule has 1 N–H and O–H groups in total. The zero-order chi connectivity index (χ0) is 33.0. The van der Waals surface area contributed by atoms with Gasteiger partial charge in [0.05, 0.1) is 43.6 Å². The summed E-state index contributed by atoms with van der Waals surface area (Å²) in [6, 6.07) is 6.57. The lowest BCUT2D eigenvalue weighted by Crippen LogP contribution is -2.45. The first-order valence-corrected chi connectivity index (χ1v) is 16.9. The lowest BCUT2D eigenvalue weighted by molar-refractivity contribution is -0.133. The van der Waals surface area contributed by atoms with Gasteiger partial charge in [-0.15, -0.1) is 11.8 Å². The zero-order valence-corrected chi connectivity index (χ0v) is 27.0. The molecule has 2 amide bonds. The highest BCUT2D eigenvalue weighted by molar-refractivity contribution is 8.00. The zero-order valence-electron chi connectivity index (χ0n) is 26.2. The van der Waals surface area contributed by atoms with Crippen molar-refractivity contribution in [1.82, 2.24) is 34.2 Å². The van der Waals surface area contributed by atoms with Crippen molar-refractivity contribution in [3.8, 4) is 17.0 Å². The third kappa shape index (κ3) is 7.46. The maximum absolute atomic E-state index is 13.6. The number of likely N-dealkylation sites (tertiary alicyclic amines) is 1. The third-order valence-electron chi connectivity index (χ3n) is 8.75. The summed E-state index contributed by atoms with van der Waals surface area (Å²) in [5.74, 6) is -0.223. The number of hydrogen-bond donors (Lipinski definition) is 1. The second-order valence-electron chi connectivity index (χ2n) is 12.0. The van der Waals surface area contributed by atoms with Crippen molar-refractivity contribution >= 4 is 34.9 Å². The summed E-state index contributed by atoms with van der Waals surface area (Å²) in [7, 11) is 0. The molecular formula is C32H36F2N8O5S. The number of carbonyl (C=O) groups excluding carboxylic acids is 2. The van der Waals surface area contributed by atoms with Gasteiger partial charge in [0.25, 0.3) is 5.91 Å². The van der Waals surface area contributed by atoms with E-state index in [1.54, 1.807) is 48.6 Å². The van der Waals surface area contributed by atoms with Crippen LogP contribution in [0, 0.1) is 5.92 Å². The molecule has 0 atom stereocenters. The number of benzene rings is 1. The van der Waals surface area contributed by atoms with Crippen molar-refractivity contribution in [2.45, 2.75) is 36.1 Å². The van der Waals surface area contributed by atoms with Crippen molar-refractivity contribution in [3.05, 3.63) is 54.6 Å². The van der Waals surface area contributed by atoms with Gasteiger partial charge in [-0.3, -0.25) is 19.2 Å². The highest BCUT2D eigenvalue weighted by Crippen LogP contribution is 2.39. The molecule has 0 radical (unpaired) electrons. The van der Waals surface area contributed by atoms with Crippen molar-refractivity contribution in [2.75, 3.05) is 64.5 Å². The van der Waals surface area contributed by atoms with Crippen molar-refractivity contribution in [2.24, 2.45) is 5.92 Å². The SMILES string of the molecule is O=C(Nc1cn(CC(=O)N2CCC(CN3CCOCC3)CC2)nc1-c1cc(SC2COC2)ccc1OC(F)F)c1cnn2cccnc12. The lowest BCUT2D eigenvalue weighted by atomic mass is 9.96. The van der Waals surface area contributed by atoms with E-state index in [4.69, 9.17) is 14.2 Å². The largest absolute Gasteiger partial charge is 0.434 e. The van der Waals surface area contributed by atoms with E-state index in [9.17, 15) is 18.4 Å². The van der Waals surface area contributed by atoms with Gasteiger partial charge in [-0.1, -0.05) is 0 Å². The number of alkyl halides is 2. The van der Waals surface area contributed by atoms with Crippen LogP contribution < -0.4 is 10.1 Å². The number of halogens is 2. The van der Waals surface area contributed by atoms with Crippen molar-refractivity contribution < 1.29 is 32.6 Å². The Kier molecular flexibility index (Phi) is 9.83. The minimum atomic E-state index is -3.08. The van der Waals surface area contributed by atoms with Gasteiger partial charge in [0.15, 0.2) is 5.65 Å². The molecule has 3 fully saturated rings. The number of piperidine rings is 1. The Morgan fingerprint density at radius 1 is 1.10 bits per heavy atom.